The van der Waals surface area contributed by atoms with E-state index in [9.17, 15) is 18.0 Å². The number of nitrogens with zero attached hydrogens (tertiary/aromatic N) is 1. The van der Waals surface area contributed by atoms with Crippen molar-refractivity contribution in [3.8, 4) is 0 Å². The first kappa shape index (κ1) is 19.7. The SMILES string of the molecule is CC=CCCNC(=O)c1cccc2ccn(Cc3ccc(C(F)(F)F)cc3)c12. The summed E-state index contributed by atoms with van der Waals surface area (Å²) in [5.41, 5.74) is 1.38. The summed E-state index contributed by atoms with van der Waals surface area (Å²) in [6.07, 6.45) is 2.16. The summed E-state index contributed by atoms with van der Waals surface area (Å²) in [7, 11) is 0. The van der Waals surface area contributed by atoms with Crippen LogP contribution in [0.15, 0.2) is 66.9 Å². The first-order chi connectivity index (χ1) is 13.4. The quantitative estimate of drug-likeness (QED) is 0.446. The molecule has 0 spiro atoms. The minimum atomic E-state index is -4.35. The first-order valence-electron chi connectivity index (χ1n) is 9.03. The van der Waals surface area contributed by atoms with E-state index in [-0.39, 0.29) is 5.91 Å². The standard InChI is InChI=1S/C22H21F3N2O/c1-2-3-4-13-26-21(28)19-7-5-6-17-12-14-27(20(17)19)15-16-8-10-18(11-9-16)22(23,24)25/h2-3,5-12,14H,4,13,15H2,1H3,(H,26,28). The van der Waals surface area contributed by atoms with Crippen LogP contribution in [0.25, 0.3) is 10.9 Å². The zero-order valence-corrected chi connectivity index (χ0v) is 15.5. The number of halogens is 3. The molecule has 0 aliphatic heterocycles. The normalized spacial score (nSPS) is 12.0. The second-order valence-electron chi connectivity index (χ2n) is 6.50. The maximum Gasteiger partial charge on any atom is 0.416 e. The van der Waals surface area contributed by atoms with Crippen molar-refractivity contribution in [1.82, 2.24) is 9.88 Å². The van der Waals surface area contributed by atoms with Gasteiger partial charge in [-0.25, -0.2) is 0 Å². The van der Waals surface area contributed by atoms with Crippen molar-refractivity contribution in [1.29, 1.82) is 0 Å². The average Bonchev–Trinajstić information content (AvgIpc) is 3.08. The molecule has 3 aromatic rings. The van der Waals surface area contributed by atoms with Crippen LogP contribution in [0.4, 0.5) is 13.2 Å². The zero-order chi connectivity index (χ0) is 20.1. The molecule has 1 amide bonds. The number of amides is 1. The van der Waals surface area contributed by atoms with Crippen LogP contribution in [0.2, 0.25) is 0 Å². The number of carbonyl (C=O) groups excluding carboxylic acids is 1. The molecule has 0 saturated carbocycles. The lowest BCUT2D eigenvalue weighted by atomic mass is 10.1. The second-order valence-corrected chi connectivity index (χ2v) is 6.50. The van der Waals surface area contributed by atoms with Crippen LogP contribution in [-0.2, 0) is 12.7 Å². The highest BCUT2D eigenvalue weighted by molar-refractivity contribution is 6.06. The second kappa shape index (κ2) is 8.33. The number of hydrogen-bond donors (Lipinski definition) is 1. The molecule has 0 saturated heterocycles. The Kier molecular flexibility index (Phi) is 5.87. The van der Waals surface area contributed by atoms with Crippen LogP contribution in [0.5, 0.6) is 0 Å². The van der Waals surface area contributed by atoms with E-state index in [2.05, 4.69) is 5.32 Å². The summed E-state index contributed by atoms with van der Waals surface area (Å²) in [4.78, 5) is 12.6. The molecule has 0 unspecified atom stereocenters. The Morgan fingerprint density at radius 3 is 2.54 bits per heavy atom. The van der Waals surface area contributed by atoms with Crippen LogP contribution >= 0.6 is 0 Å². The van der Waals surface area contributed by atoms with Gasteiger partial charge in [0, 0.05) is 24.7 Å². The van der Waals surface area contributed by atoms with Crippen LogP contribution in [0, 0.1) is 0 Å². The predicted molar refractivity (Wildman–Crippen MR) is 104 cm³/mol. The number of para-hydroxylation sites is 1. The van der Waals surface area contributed by atoms with E-state index in [4.69, 9.17) is 0 Å². The van der Waals surface area contributed by atoms with Gasteiger partial charge in [-0.05, 0) is 43.2 Å². The van der Waals surface area contributed by atoms with Crippen molar-refractivity contribution in [3.05, 3.63) is 83.6 Å². The molecule has 0 aliphatic rings. The van der Waals surface area contributed by atoms with Crippen molar-refractivity contribution < 1.29 is 18.0 Å². The minimum absolute atomic E-state index is 0.164. The van der Waals surface area contributed by atoms with Gasteiger partial charge in [0.05, 0.1) is 16.6 Å². The summed E-state index contributed by atoms with van der Waals surface area (Å²) in [6.45, 7) is 2.85. The highest BCUT2D eigenvalue weighted by Gasteiger charge is 2.29. The van der Waals surface area contributed by atoms with E-state index in [1.807, 2.05) is 48.0 Å². The zero-order valence-electron chi connectivity index (χ0n) is 15.5. The lowest BCUT2D eigenvalue weighted by Crippen LogP contribution is -2.24. The molecule has 1 aromatic heterocycles. The van der Waals surface area contributed by atoms with E-state index in [0.717, 1.165) is 35.0 Å². The molecular weight excluding hydrogens is 365 g/mol. The van der Waals surface area contributed by atoms with Crippen LogP contribution in [0.3, 0.4) is 0 Å². The summed E-state index contributed by atoms with van der Waals surface area (Å²) in [6, 6.07) is 12.5. The van der Waals surface area contributed by atoms with Gasteiger partial charge in [-0.3, -0.25) is 4.79 Å². The van der Waals surface area contributed by atoms with Gasteiger partial charge in [-0.15, -0.1) is 0 Å². The number of nitrogens with one attached hydrogen (secondary N) is 1. The Bertz CT molecular complexity index is 985. The van der Waals surface area contributed by atoms with Gasteiger partial charge in [0.1, 0.15) is 0 Å². The fourth-order valence-corrected chi connectivity index (χ4v) is 3.10. The van der Waals surface area contributed by atoms with Crippen LogP contribution in [-0.4, -0.2) is 17.0 Å². The molecule has 28 heavy (non-hydrogen) atoms. The molecule has 0 aliphatic carbocycles. The maximum absolute atomic E-state index is 12.7. The topological polar surface area (TPSA) is 34.0 Å². The van der Waals surface area contributed by atoms with Crippen LogP contribution in [0.1, 0.15) is 34.8 Å². The van der Waals surface area contributed by atoms with Gasteiger partial charge in [0.15, 0.2) is 0 Å². The Labute approximate surface area is 161 Å². The fraction of sp³-hybridized carbons (Fsp3) is 0.227. The predicted octanol–water partition coefficient (Wildman–Crippen LogP) is 5.40. The molecule has 0 bridgehead atoms. The third kappa shape index (κ3) is 4.44. The Morgan fingerprint density at radius 1 is 1.11 bits per heavy atom. The van der Waals surface area contributed by atoms with Crippen LogP contribution < -0.4 is 5.32 Å². The van der Waals surface area contributed by atoms with Gasteiger partial charge in [0.25, 0.3) is 5.91 Å². The summed E-state index contributed by atoms with van der Waals surface area (Å²) in [5, 5.41) is 3.81. The van der Waals surface area contributed by atoms with Crippen molar-refractivity contribution in [2.24, 2.45) is 0 Å². The molecule has 0 fully saturated rings. The molecule has 146 valence electrons. The van der Waals surface area contributed by atoms with Gasteiger partial charge < -0.3 is 9.88 Å². The average molecular weight is 386 g/mol. The largest absolute Gasteiger partial charge is 0.416 e. The smallest absolute Gasteiger partial charge is 0.352 e. The molecule has 0 radical (unpaired) electrons. The molecule has 1 N–H and O–H groups in total. The van der Waals surface area contributed by atoms with Crippen molar-refractivity contribution in [2.45, 2.75) is 26.1 Å². The number of rotatable bonds is 6. The molecule has 2 aromatic carbocycles. The van der Waals surface area contributed by atoms with Crippen molar-refractivity contribution >= 4 is 16.8 Å². The lowest BCUT2D eigenvalue weighted by Gasteiger charge is -2.12. The maximum atomic E-state index is 12.7. The number of fused-ring (bicyclic) bond motifs is 1. The molecule has 0 atom stereocenters. The molecule has 3 rings (SSSR count). The molecule has 6 heteroatoms. The Hall–Kier alpha value is -3.02. The number of alkyl halides is 3. The summed E-state index contributed by atoms with van der Waals surface area (Å²) in [5.74, 6) is -0.164. The number of aromatic nitrogens is 1. The van der Waals surface area contributed by atoms with Crippen molar-refractivity contribution in [3.63, 3.8) is 0 Å². The third-order valence-electron chi connectivity index (χ3n) is 4.50. The monoisotopic (exact) mass is 386 g/mol. The van der Waals surface area contributed by atoms with E-state index in [1.54, 1.807) is 6.07 Å². The number of hydrogen-bond acceptors (Lipinski definition) is 1. The van der Waals surface area contributed by atoms with Gasteiger partial charge in [-0.1, -0.05) is 36.4 Å². The summed E-state index contributed by atoms with van der Waals surface area (Å²) >= 11 is 0. The first-order valence-corrected chi connectivity index (χ1v) is 9.03. The fourth-order valence-electron chi connectivity index (χ4n) is 3.10. The van der Waals surface area contributed by atoms with Gasteiger partial charge in [0.2, 0.25) is 0 Å². The van der Waals surface area contributed by atoms with E-state index in [0.29, 0.717) is 18.7 Å². The Morgan fingerprint density at radius 2 is 1.86 bits per heavy atom. The van der Waals surface area contributed by atoms with Gasteiger partial charge >= 0.3 is 6.18 Å². The Balaban J connectivity index is 1.85. The summed E-state index contributed by atoms with van der Waals surface area (Å²) < 4.78 is 40.1. The highest BCUT2D eigenvalue weighted by Crippen LogP contribution is 2.29. The molecule has 1 heterocycles. The number of allylic oxidation sites excluding steroid dienone is 1. The third-order valence-corrected chi connectivity index (χ3v) is 4.50. The number of benzene rings is 2. The molecular formula is C22H21F3N2O. The number of carbonyl (C=O) groups is 1. The van der Waals surface area contributed by atoms with E-state index >= 15 is 0 Å². The minimum Gasteiger partial charge on any atom is -0.352 e. The van der Waals surface area contributed by atoms with Crippen molar-refractivity contribution in [2.75, 3.05) is 6.54 Å². The van der Waals surface area contributed by atoms with Gasteiger partial charge in [-0.2, -0.15) is 13.2 Å². The lowest BCUT2D eigenvalue weighted by molar-refractivity contribution is -0.137. The highest BCUT2D eigenvalue weighted by atomic mass is 19.4. The van der Waals surface area contributed by atoms with E-state index < -0.39 is 11.7 Å². The van der Waals surface area contributed by atoms with E-state index in [1.165, 1.54) is 12.1 Å². The molecule has 3 nitrogen and oxygen atoms in total.